The summed E-state index contributed by atoms with van der Waals surface area (Å²) in [4.78, 5) is 10.8. The van der Waals surface area contributed by atoms with Gasteiger partial charge >= 0.3 is 35.5 Å². The summed E-state index contributed by atoms with van der Waals surface area (Å²) < 4.78 is 4.46. The van der Waals surface area contributed by atoms with Crippen LogP contribution in [0.3, 0.4) is 0 Å². The van der Waals surface area contributed by atoms with Crippen molar-refractivity contribution < 1.29 is 59.9 Å². The van der Waals surface area contributed by atoms with Gasteiger partial charge in [0, 0.05) is 0 Å². The van der Waals surface area contributed by atoms with Gasteiger partial charge in [0.2, 0.25) is 0 Å². The summed E-state index contributed by atoms with van der Waals surface area (Å²) in [6.07, 6.45) is -0.560. The zero-order valence-electron chi connectivity index (χ0n) is 10.7. The summed E-state index contributed by atoms with van der Waals surface area (Å²) in [7, 11) is 1.31. The summed E-state index contributed by atoms with van der Waals surface area (Å²) in [6, 6.07) is 5.88. The summed E-state index contributed by atoms with van der Waals surface area (Å²) in [5.41, 5.74) is 0.435. The summed E-state index contributed by atoms with van der Waals surface area (Å²) in [6.45, 7) is 1.39. The van der Waals surface area contributed by atoms with Crippen molar-refractivity contribution in [1.29, 1.82) is 0 Å². The van der Waals surface area contributed by atoms with Crippen molar-refractivity contribution in [2.24, 2.45) is 0 Å². The Morgan fingerprint density at radius 1 is 1.33 bits per heavy atom. The van der Waals surface area contributed by atoms with Crippen LogP contribution in [0.1, 0.15) is 17.3 Å². The monoisotopic (exact) mass is 268 g/mol. The number of benzene rings is 1. The number of rotatable bonds is 2. The van der Waals surface area contributed by atoms with Crippen molar-refractivity contribution in [2.75, 3.05) is 13.7 Å². The maximum atomic E-state index is 10.8. The van der Waals surface area contributed by atoms with E-state index in [2.05, 4.69) is 4.74 Å². The average molecular weight is 268 g/mol. The fourth-order valence-electron chi connectivity index (χ4n) is 0.715. The summed E-state index contributed by atoms with van der Waals surface area (Å²) in [5, 5.41) is 24.9. The summed E-state index contributed by atoms with van der Waals surface area (Å²) in [5.74, 6) is -0.261. The minimum atomic E-state index is -0.560. The van der Waals surface area contributed by atoms with Gasteiger partial charge in [-0.2, -0.15) is 0 Å². The van der Waals surface area contributed by atoms with Crippen LogP contribution in [0.5, 0.6) is 5.75 Å². The smallest absolute Gasteiger partial charge is 0.870 e. The largest absolute Gasteiger partial charge is 1.00 e. The van der Waals surface area contributed by atoms with E-state index in [9.17, 15) is 4.79 Å². The third kappa shape index (κ3) is 10.5. The van der Waals surface area contributed by atoms with Crippen LogP contribution in [0.4, 0.5) is 0 Å². The van der Waals surface area contributed by atoms with Crippen molar-refractivity contribution in [3.8, 4) is 5.75 Å². The maximum Gasteiger partial charge on any atom is 1.00 e. The second-order valence-electron chi connectivity index (χ2n) is 3.07. The first-order valence-electron chi connectivity index (χ1n) is 4.67. The number of carbonyl (C=O) groups excluding carboxylic acids is 1. The van der Waals surface area contributed by atoms with Gasteiger partial charge in [-0.05, 0) is 31.2 Å². The fraction of sp³-hybridized carbons (Fsp3) is 0.364. The number of carbonyl (C=O) groups is 1. The molecule has 0 bridgehead atoms. The Bertz CT molecular complexity index is 312. The molecule has 0 aliphatic rings. The van der Waals surface area contributed by atoms with E-state index >= 15 is 0 Å². The number of hydrogen-bond donors (Lipinski definition) is 3. The van der Waals surface area contributed by atoms with Crippen LogP contribution in [0.15, 0.2) is 24.3 Å². The molecule has 6 nitrogen and oxygen atoms in total. The Morgan fingerprint density at radius 2 is 1.72 bits per heavy atom. The number of aromatic hydroxyl groups is 1. The standard InChI is InChI=1S/C8H8O3.C3H8O2.Na.H2O/c1-11-8(10)6-2-4-7(9)5-3-6;1-3(5)2-4;;/h2-5,9H,1H3;3-5H,2H2,1H3;;1H2/q;;+1;/p-1. The number of aliphatic hydroxyl groups is 2. The van der Waals surface area contributed by atoms with E-state index in [1.807, 2.05) is 0 Å². The second kappa shape index (κ2) is 12.8. The predicted molar refractivity (Wildman–Crippen MR) is 60.1 cm³/mol. The van der Waals surface area contributed by atoms with Gasteiger partial charge in [0.15, 0.2) is 0 Å². The molecule has 0 fully saturated rings. The number of hydrogen-bond acceptors (Lipinski definition) is 6. The van der Waals surface area contributed by atoms with Crippen LogP contribution in [0.2, 0.25) is 0 Å². The van der Waals surface area contributed by atoms with Crippen LogP contribution < -0.4 is 29.6 Å². The minimum absolute atomic E-state index is 0. The molecule has 1 aromatic rings. The van der Waals surface area contributed by atoms with E-state index in [1.165, 1.54) is 38.3 Å². The average Bonchev–Trinajstić information content (AvgIpc) is 2.29. The Labute approximate surface area is 128 Å². The Morgan fingerprint density at radius 3 is 2.00 bits per heavy atom. The molecule has 0 amide bonds. The zero-order valence-corrected chi connectivity index (χ0v) is 12.7. The molecule has 98 valence electrons. The molecule has 0 aliphatic heterocycles. The first-order chi connectivity index (χ1) is 7.51. The molecule has 0 aliphatic carbocycles. The van der Waals surface area contributed by atoms with Crippen molar-refractivity contribution in [2.45, 2.75) is 13.0 Å². The Hall–Kier alpha value is -0.630. The fourth-order valence-corrected chi connectivity index (χ4v) is 0.715. The van der Waals surface area contributed by atoms with E-state index in [0.717, 1.165) is 0 Å². The van der Waals surface area contributed by atoms with Crippen LogP contribution in [-0.2, 0) is 4.74 Å². The minimum Gasteiger partial charge on any atom is -0.870 e. The van der Waals surface area contributed by atoms with Crippen molar-refractivity contribution in [3.63, 3.8) is 0 Å². The second-order valence-corrected chi connectivity index (χ2v) is 3.07. The molecular formula is C11H17NaO6. The molecule has 1 rings (SSSR count). The molecule has 0 spiro atoms. The molecule has 1 unspecified atom stereocenters. The zero-order chi connectivity index (χ0) is 12.6. The molecule has 4 N–H and O–H groups in total. The van der Waals surface area contributed by atoms with Crippen molar-refractivity contribution in [3.05, 3.63) is 29.8 Å². The first kappa shape index (κ1) is 22.5. The SMILES string of the molecule is CC(O)CO.COC(=O)c1ccc(O)cc1.[Na+].[OH-]. The quantitative estimate of drug-likeness (QED) is 0.399. The van der Waals surface area contributed by atoms with E-state index in [-0.39, 0.29) is 47.4 Å². The third-order valence-electron chi connectivity index (χ3n) is 1.55. The van der Waals surface area contributed by atoms with Gasteiger partial charge in [-0.3, -0.25) is 0 Å². The van der Waals surface area contributed by atoms with E-state index in [4.69, 9.17) is 15.3 Å². The van der Waals surface area contributed by atoms with Gasteiger partial charge in [0.1, 0.15) is 5.75 Å². The van der Waals surface area contributed by atoms with Gasteiger partial charge in [-0.25, -0.2) is 4.79 Å². The van der Waals surface area contributed by atoms with Crippen LogP contribution in [0.25, 0.3) is 0 Å². The third-order valence-corrected chi connectivity index (χ3v) is 1.55. The molecule has 18 heavy (non-hydrogen) atoms. The molecule has 0 radical (unpaired) electrons. The van der Waals surface area contributed by atoms with Gasteiger partial charge in [0.25, 0.3) is 0 Å². The van der Waals surface area contributed by atoms with Gasteiger partial charge in [0.05, 0.1) is 25.4 Å². The van der Waals surface area contributed by atoms with Crippen molar-refractivity contribution >= 4 is 5.97 Å². The number of aliphatic hydroxyl groups excluding tert-OH is 2. The Balaban J connectivity index is -0.000000282. The number of methoxy groups -OCH3 is 1. The van der Waals surface area contributed by atoms with E-state index in [0.29, 0.717) is 5.56 Å². The van der Waals surface area contributed by atoms with Crippen LogP contribution in [-0.4, -0.2) is 46.6 Å². The van der Waals surface area contributed by atoms with Gasteiger partial charge < -0.3 is 25.5 Å². The molecule has 1 aromatic carbocycles. The molecule has 0 saturated carbocycles. The molecular weight excluding hydrogens is 251 g/mol. The topological polar surface area (TPSA) is 117 Å². The maximum absolute atomic E-state index is 10.8. The van der Waals surface area contributed by atoms with Crippen LogP contribution >= 0.6 is 0 Å². The molecule has 1 atom stereocenters. The predicted octanol–water partition coefficient (Wildman–Crippen LogP) is -2.63. The van der Waals surface area contributed by atoms with Crippen LogP contribution in [0, 0.1) is 0 Å². The van der Waals surface area contributed by atoms with Gasteiger partial charge in [-0.15, -0.1) is 0 Å². The molecule has 0 saturated heterocycles. The number of ether oxygens (including phenoxy) is 1. The molecule has 0 heterocycles. The van der Waals surface area contributed by atoms with E-state index < -0.39 is 12.1 Å². The number of phenolic OH excluding ortho intramolecular Hbond substituents is 1. The van der Waals surface area contributed by atoms with Crippen molar-refractivity contribution in [1.82, 2.24) is 0 Å². The molecule has 0 aromatic heterocycles. The van der Waals surface area contributed by atoms with Gasteiger partial charge in [-0.1, -0.05) is 0 Å². The number of phenols is 1. The molecule has 7 heteroatoms. The number of esters is 1. The normalized spacial score (nSPS) is 9.78. The Kier molecular flexibility index (Phi) is 16.1. The van der Waals surface area contributed by atoms with E-state index in [1.54, 1.807) is 0 Å². The first-order valence-corrected chi connectivity index (χ1v) is 4.67. The summed E-state index contributed by atoms with van der Waals surface area (Å²) >= 11 is 0.